The van der Waals surface area contributed by atoms with Crippen LogP contribution in [0.15, 0.2) is 61.1 Å². The van der Waals surface area contributed by atoms with Gasteiger partial charge in [0.2, 0.25) is 6.41 Å². The van der Waals surface area contributed by atoms with Crippen molar-refractivity contribution in [1.29, 1.82) is 0 Å². The summed E-state index contributed by atoms with van der Waals surface area (Å²) in [5.41, 5.74) is 3.87. The Morgan fingerprint density at radius 1 is 1.21 bits per heavy atom. The lowest BCUT2D eigenvalue weighted by molar-refractivity contribution is -0.108. The van der Waals surface area contributed by atoms with Gasteiger partial charge in [0, 0.05) is 36.6 Å². The fourth-order valence-corrected chi connectivity index (χ4v) is 3.79. The molecule has 1 aromatic heterocycles. The van der Waals surface area contributed by atoms with Gasteiger partial charge in [0.05, 0.1) is 24.5 Å². The zero-order chi connectivity index (χ0) is 23.2. The molecular formula is C24H23N5O4. The number of nitrogens with zero attached hydrogens (tertiary/aromatic N) is 3. The number of carbonyl (C=O) groups excluding carboxylic acids is 3. The first-order chi connectivity index (χ1) is 16.1. The summed E-state index contributed by atoms with van der Waals surface area (Å²) in [7, 11) is 0. The van der Waals surface area contributed by atoms with Gasteiger partial charge in [-0.1, -0.05) is 30.3 Å². The molecule has 3 aromatic rings. The van der Waals surface area contributed by atoms with Crippen molar-refractivity contribution in [3.05, 3.63) is 77.7 Å². The van der Waals surface area contributed by atoms with E-state index in [4.69, 9.17) is 4.74 Å². The van der Waals surface area contributed by atoms with Crippen molar-refractivity contribution in [3.8, 4) is 17.0 Å². The molecule has 0 spiro atoms. The second-order valence-electron chi connectivity index (χ2n) is 7.44. The maximum Gasteiger partial charge on any atom is 0.321 e. The summed E-state index contributed by atoms with van der Waals surface area (Å²) in [5, 5.41) is 4.86. The summed E-state index contributed by atoms with van der Waals surface area (Å²) in [4.78, 5) is 45.9. The van der Waals surface area contributed by atoms with Gasteiger partial charge < -0.3 is 15.0 Å². The van der Waals surface area contributed by atoms with Gasteiger partial charge >= 0.3 is 6.03 Å². The molecule has 4 rings (SSSR count). The molecule has 2 heterocycles. The zero-order valence-electron chi connectivity index (χ0n) is 18.0. The molecule has 2 aromatic carbocycles. The first-order valence-electron chi connectivity index (χ1n) is 10.5. The van der Waals surface area contributed by atoms with E-state index in [1.165, 1.54) is 0 Å². The lowest BCUT2D eigenvalue weighted by Crippen LogP contribution is -2.42. The van der Waals surface area contributed by atoms with Gasteiger partial charge in [-0.05, 0) is 30.2 Å². The standard InChI is InChI=1S/C24H23N5O4/c1-2-33-19-8-7-18-13-29(23(31)20(18)11-19)14-22(28-24(32)27-15-30)17-5-3-16(4-6-17)21-12-25-9-10-26-21/h3-12,15,22H,2,13-14H2,1H3,(H2,27,28,30,32)/t22-/m0/s1. The Labute approximate surface area is 190 Å². The molecule has 0 unspecified atom stereocenters. The van der Waals surface area contributed by atoms with E-state index in [0.29, 0.717) is 30.9 Å². The molecule has 0 saturated carbocycles. The van der Waals surface area contributed by atoms with Crippen LogP contribution in [0.2, 0.25) is 0 Å². The van der Waals surface area contributed by atoms with E-state index in [1.807, 2.05) is 43.3 Å². The number of hydrogen-bond donors (Lipinski definition) is 2. The summed E-state index contributed by atoms with van der Waals surface area (Å²) in [6.07, 6.45) is 5.20. The first-order valence-corrected chi connectivity index (χ1v) is 10.5. The number of fused-ring (bicyclic) bond motifs is 1. The molecule has 1 atom stereocenters. The van der Waals surface area contributed by atoms with E-state index in [9.17, 15) is 14.4 Å². The minimum atomic E-state index is -0.643. The predicted molar refractivity (Wildman–Crippen MR) is 120 cm³/mol. The van der Waals surface area contributed by atoms with E-state index >= 15 is 0 Å². The Balaban J connectivity index is 1.55. The van der Waals surface area contributed by atoms with Crippen LogP contribution in [0.3, 0.4) is 0 Å². The highest BCUT2D eigenvalue weighted by Gasteiger charge is 2.30. The van der Waals surface area contributed by atoms with Gasteiger partial charge in [0.15, 0.2) is 0 Å². The van der Waals surface area contributed by atoms with E-state index in [-0.39, 0.29) is 12.5 Å². The number of nitrogens with one attached hydrogen (secondary N) is 2. The first kappa shape index (κ1) is 21.9. The van der Waals surface area contributed by atoms with Crippen LogP contribution in [-0.2, 0) is 11.3 Å². The SMILES string of the molecule is CCOc1ccc2c(c1)C(=O)N(C[C@H](NC(=O)NC=O)c1ccc(-c3cnccn3)cc1)C2. The number of urea groups is 1. The molecule has 1 aliphatic rings. The van der Waals surface area contributed by atoms with Crippen molar-refractivity contribution in [2.45, 2.75) is 19.5 Å². The highest BCUT2D eigenvalue weighted by molar-refractivity contribution is 5.98. The molecule has 4 amide bonds. The Hall–Kier alpha value is -4.27. The van der Waals surface area contributed by atoms with Crippen LogP contribution >= 0.6 is 0 Å². The second kappa shape index (κ2) is 9.90. The molecule has 168 valence electrons. The third-order valence-corrected chi connectivity index (χ3v) is 5.34. The number of benzene rings is 2. The van der Waals surface area contributed by atoms with Crippen molar-refractivity contribution >= 4 is 18.3 Å². The lowest BCUT2D eigenvalue weighted by atomic mass is 10.0. The van der Waals surface area contributed by atoms with Crippen molar-refractivity contribution in [1.82, 2.24) is 25.5 Å². The molecule has 9 nitrogen and oxygen atoms in total. The number of ether oxygens (including phenoxy) is 1. The van der Waals surface area contributed by atoms with E-state index in [0.717, 1.165) is 22.4 Å². The van der Waals surface area contributed by atoms with E-state index < -0.39 is 12.1 Å². The number of carbonyl (C=O) groups is 3. The van der Waals surface area contributed by atoms with Crippen LogP contribution in [0.25, 0.3) is 11.3 Å². The highest BCUT2D eigenvalue weighted by atomic mass is 16.5. The van der Waals surface area contributed by atoms with Gasteiger partial charge in [-0.25, -0.2) is 4.79 Å². The van der Waals surface area contributed by atoms with E-state index in [2.05, 4.69) is 20.6 Å². The molecule has 0 saturated heterocycles. The Bertz CT molecular complexity index is 1150. The van der Waals surface area contributed by atoms with Crippen molar-refractivity contribution in [2.24, 2.45) is 0 Å². The average Bonchev–Trinajstić information content (AvgIpc) is 3.14. The number of imide groups is 1. The molecule has 9 heteroatoms. The fourth-order valence-electron chi connectivity index (χ4n) is 3.79. The molecule has 0 bridgehead atoms. The Morgan fingerprint density at radius 3 is 2.73 bits per heavy atom. The maximum absolute atomic E-state index is 13.0. The fraction of sp³-hybridized carbons (Fsp3) is 0.208. The number of aromatic nitrogens is 2. The maximum atomic E-state index is 13.0. The number of hydrogen-bond acceptors (Lipinski definition) is 6. The topological polar surface area (TPSA) is 114 Å². The quantitative estimate of drug-likeness (QED) is 0.516. The van der Waals surface area contributed by atoms with Gasteiger partial charge in [-0.3, -0.25) is 24.9 Å². The zero-order valence-corrected chi connectivity index (χ0v) is 18.0. The highest BCUT2D eigenvalue weighted by Crippen LogP contribution is 2.29. The van der Waals surface area contributed by atoms with Crippen LogP contribution in [0.4, 0.5) is 4.79 Å². The lowest BCUT2D eigenvalue weighted by Gasteiger charge is -2.25. The van der Waals surface area contributed by atoms with Crippen LogP contribution in [-0.4, -0.2) is 46.4 Å². The number of rotatable bonds is 8. The van der Waals surface area contributed by atoms with Crippen molar-refractivity contribution in [2.75, 3.05) is 13.2 Å². The predicted octanol–water partition coefficient (Wildman–Crippen LogP) is 2.70. The van der Waals surface area contributed by atoms with Gasteiger partial charge in [0.25, 0.3) is 5.91 Å². The molecular weight excluding hydrogens is 422 g/mol. The average molecular weight is 445 g/mol. The van der Waals surface area contributed by atoms with E-state index in [1.54, 1.807) is 29.6 Å². The third kappa shape index (κ3) is 4.98. The summed E-state index contributed by atoms with van der Waals surface area (Å²) in [6.45, 7) is 3.05. The van der Waals surface area contributed by atoms with Crippen LogP contribution in [0.5, 0.6) is 5.75 Å². The van der Waals surface area contributed by atoms with Crippen molar-refractivity contribution < 1.29 is 19.1 Å². The minimum absolute atomic E-state index is 0.134. The Morgan fingerprint density at radius 2 is 2.03 bits per heavy atom. The summed E-state index contributed by atoms with van der Waals surface area (Å²) in [6, 6.07) is 11.8. The molecule has 0 radical (unpaired) electrons. The van der Waals surface area contributed by atoms with Crippen LogP contribution in [0.1, 0.15) is 34.5 Å². The largest absolute Gasteiger partial charge is 0.494 e. The van der Waals surface area contributed by atoms with Crippen LogP contribution in [0, 0.1) is 0 Å². The van der Waals surface area contributed by atoms with Gasteiger partial charge in [0.1, 0.15) is 5.75 Å². The smallest absolute Gasteiger partial charge is 0.321 e. The molecule has 0 aliphatic carbocycles. The summed E-state index contributed by atoms with van der Waals surface area (Å²) in [5.74, 6) is 0.511. The summed E-state index contributed by atoms with van der Waals surface area (Å²) >= 11 is 0. The molecule has 33 heavy (non-hydrogen) atoms. The second-order valence-corrected chi connectivity index (χ2v) is 7.44. The number of amides is 4. The third-order valence-electron chi connectivity index (χ3n) is 5.34. The Kier molecular flexibility index (Phi) is 6.58. The summed E-state index contributed by atoms with van der Waals surface area (Å²) < 4.78 is 5.51. The molecule has 1 aliphatic heterocycles. The molecule has 2 N–H and O–H groups in total. The van der Waals surface area contributed by atoms with Gasteiger partial charge in [-0.15, -0.1) is 0 Å². The normalized spacial score (nSPS) is 13.2. The minimum Gasteiger partial charge on any atom is -0.494 e. The van der Waals surface area contributed by atoms with Gasteiger partial charge in [-0.2, -0.15) is 0 Å². The van der Waals surface area contributed by atoms with Crippen molar-refractivity contribution in [3.63, 3.8) is 0 Å². The monoisotopic (exact) mass is 445 g/mol. The molecule has 0 fully saturated rings. The van der Waals surface area contributed by atoms with Crippen LogP contribution < -0.4 is 15.4 Å².